The van der Waals surface area contributed by atoms with Crippen molar-refractivity contribution in [2.24, 2.45) is 12.0 Å². The van der Waals surface area contributed by atoms with Gasteiger partial charge in [0.15, 0.2) is 11.8 Å². The van der Waals surface area contributed by atoms with Crippen LogP contribution >= 0.6 is 24.0 Å². The predicted octanol–water partition coefficient (Wildman–Crippen LogP) is 3.31. The van der Waals surface area contributed by atoms with Gasteiger partial charge in [0.2, 0.25) is 0 Å². The molecule has 6 nitrogen and oxygen atoms in total. The molecule has 0 unspecified atom stereocenters. The van der Waals surface area contributed by atoms with Crippen molar-refractivity contribution in [3.05, 3.63) is 11.6 Å². The monoisotopic (exact) mass is 476 g/mol. The van der Waals surface area contributed by atoms with E-state index in [9.17, 15) is 13.2 Å². The number of guanidine groups is 1. The zero-order chi connectivity index (χ0) is 18.0. The van der Waals surface area contributed by atoms with E-state index in [0.717, 1.165) is 31.0 Å². The topological polar surface area (TPSA) is 67.1 Å². The molecule has 0 aliphatic heterocycles. The zero-order valence-electron chi connectivity index (χ0n) is 15.0. The van der Waals surface area contributed by atoms with Crippen LogP contribution in [0.25, 0.3) is 0 Å². The standard InChI is InChI=1S/C15H27F3N6.HI/c1-4-5-9-19-14(20-10-7-6-8-15(16,17)18)21-11-13-23-22-12(2)24(13)3;/h4-11H2,1-3H3,(H2,19,20,21);1H. The molecular formula is C15H28F3IN6. The minimum atomic E-state index is -4.08. The van der Waals surface area contributed by atoms with Gasteiger partial charge in [-0.1, -0.05) is 13.3 Å². The summed E-state index contributed by atoms with van der Waals surface area (Å²) >= 11 is 0. The SMILES string of the molecule is CCCCNC(=NCc1nnc(C)n1C)NCCCCC(F)(F)F.I. The molecule has 1 aromatic heterocycles. The average Bonchev–Trinajstić information content (AvgIpc) is 2.82. The lowest BCUT2D eigenvalue weighted by atomic mass is 10.2. The Hall–Kier alpha value is -1.07. The van der Waals surface area contributed by atoms with Crippen molar-refractivity contribution in [1.29, 1.82) is 0 Å². The molecule has 1 aromatic rings. The molecule has 1 rings (SSSR count). The highest BCUT2D eigenvalue weighted by Crippen LogP contribution is 2.21. The Labute approximate surface area is 164 Å². The first-order valence-corrected chi connectivity index (χ1v) is 8.27. The summed E-state index contributed by atoms with van der Waals surface area (Å²) in [6.45, 7) is 5.53. The van der Waals surface area contributed by atoms with Gasteiger partial charge in [-0.25, -0.2) is 4.99 Å². The first kappa shape index (κ1) is 23.9. The number of nitrogens with one attached hydrogen (secondary N) is 2. The third-order valence-corrected chi connectivity index (χ3v) is 3.56. The smallest absolute Gasteiger partial charge is 0.356 e. The van der Waals surface area contributed by atoms with Gasteiger partial charge in [0, 0.05) is 26.6 Å². The Morgan fingerprint density at radius 2 is 1.76 bits per heavy atom. The molecule has 2 N–H and O–H groups in total. The average molecular weight is 476 g/mol. The van der Waals surface area contributed by atoms with Crippen LogP contribution in [0.4, 0.5) is 13.2 Å². The van der Waals surface area contributed by atoms with E-state index in [4.69, 9.17) is 0 Å². The van der Waals surface area contributed by atoms with Gasteiger partial charge in [0.25, 0.3) is 0 Å². The molecule has 146 valence electrons. The molecule has 10 heteroatoms. The number of unbranched alkanes of at least 4 members (excludes halogenated alkanes) is 2. The molecule has 0 saturated carbocycles. The molecule has 0 bridgehead atoms. The van der Waals surface area contributed by atoms with E-state index < -0.39 is 12.6 Å². The van der Waals surface area contributed by atoms with Crippen LogP contribution in [0, 0.1) is 6.92 Å². The molecule has 0 radical (unpaired) electrons. The summed E-state index contributed by atoms with van der Waals surface area (Å²) in [5.74, 6) is 2.14. The van der Waals surface area contributed by atoms with Crippen molar-refractivity contribution < 1.29 is 13.2 Å². The number of hydrogen-bond donors (Lipinski definition) is 2. The Kier molecular flexibility index (Phi) is 11.8. The summed E-state index contributed by atoms with van der Waals surface area (Å²) in [5.41, 5.74) is 0. The molecule has 0 saturated heterocycles. The highest BCUT2D eigenvalue weighted by atomic mass is 127. The van der Waals surface area contributed by atoms with Gasteiger partial charge in [0.1, 0.15) is 12.4 Å². The van der Waals surface area contributed by atoms with Crippen LogP contribution in [0.1, 0.15) is 50.7 Å². The van der Waals surface area contributed by atoms with Crippen LogP contribution in [0.2, 0.25) is 0 Å². The van der Waals surface area contributed by atoms with E-state index in [1.165, 1.54) is 0 Å². The first-order valence-electron chi connectivity index (χ1n) is 8.27. The Morgan fingerprint density at radius 3 is 2.28 bits per heavy atom. The summed E-state index contributed by atoms with van der Waals surface area (Å²) in [4.78, 5) is 4.44. The molecule has 0 amide bonds. The van der Waals surface area contributed by atoms with Crippen molar-refractivity contribution in [2.75, 3.05) is 13.1 Å². The maximum Gasteiger partial charge on any atom is 0.389 e. The van der Waals surface area contributed by atoms with E-state index >= 15 is 0 Å². The van der Waals surface area contributed by atoms with Crippen molar-refractivity contribution in [2.45, 2.75) is 58.7 Å². The van der Waals surface area contributed by atoms with Crippen molar-refractivity contribution in [1.82, 2.24) is 25.4 Å². The number of aryl methyl sites for hydroxylation is 1. The van der Waals surface area contributed by atoms with Gasteiger partial charge in [-0.15, -0.1) is 34.2 Å². The fraction of sp³-hybridized carbons (Fsp3) is 0.800. The fourth-order valence-corrected chi connectivity index (χ4v) is 1.95. The third-order valence-electron chi connectivity index (χ3n) is 3.56. The molecule has 25 heavy (non-hydrogen) atoms. The van der Waals surface area contributed by atoms with Crippen molar-refractivity contribution in [3.63, 3.8) is 0 Å². The number of aromatic nitrogens is 3. The number of aliphatic imine (C=N–C) groups is 1. The van der Waals surface area contributed by atoms with E-state index in [2.05, 4.69) is 32.7 Å². The molecule has 0 spiro atoms. The van der Waals surface area contributed by atoms with Crippen molar-refractivity contribution in [3.8, 4) is 0 Å². The lowest BCUT2D eigenvalue weighted by Crippen LogP contribution is -2.38. The highest BCUT2D eigenvalue weighted by Gasteiger charge is 2.25. The fourth-order valence-electron chi connectivity index (χ4n) is 1.95. The van der Waals surface area contributed by atoms with Crippen LogP contribution in [-0.2, 0) is 13.6 Å². The summed E-state index contributed by atoms with van der Waals surface area (Å²) in [6.07, 6.45) is -2.23. The minimum absolute atomic E-state index is 0. The number of halogens is 4. The Morgan fingerprint density at radius 1 is 1.12 bits per heavy atom. The maximum absolute atomic E-state index is 12.1. The molecule has 1 heterocycles. The van der Waals surface area contributed by atoms with Gasteiger partial charge in [-0.2, -0.15) is 13.2 Å². The number of alkyl halides is 3. The lowest BCUT2D eigenvalue weighted by molar-refractivity contribution is -0.135. The molecule has 0 aliphatic carbocycles. The van der Waals surface area contributed by atoms with Crippen LogP contribution in [0.5, 0.6) is 0 Å². The van der Waals surface area contributed by atoms with Crippen LogP contribution in [0.15, 0.2) is 4.99 Å². The molecule has 0 atom stereocenters. The summed E-state index contributed by atoms with van der Waals surface area (Å²) in [7, 11) is 1.87. The van der Waals surface area contributed by atoms with Gasteiger partial charge in [0.05, 0.1) is 0 Å². The molecule has 0 aliphatic rings. The summed E-state index contributed by atoms with van der Waals surface area (Å²) in [6, 6.07) is 0. The number of hydrogen-bond acceptors (Lipinski definition) is 3. The van der Waals surface area contributed by atoms with Gasteiger partial charge in [-0.05, 0) is 26.2 Å². The Bertz CT molecular complexity index is 516. The quantitative estimate of drug-likeness (QED) is 0.249. The maximum atomic E-state index is 12.1. The Balaban J connectivity index is 0.00000576. The highest BCUT2D eigenvalue weighted by molar-refractivity contribution is 14.0. The van der Waals surface area contributed by atoms with E-state index in [1.807, 2.05) is 18.5 Å². The molecule has 0 aromatic carbocycles. The van der Waals surface area contributed by atoms with E-state index in [-0.39, 0.29) is 30.4 Å². The zero-order valence-corrected chi connectivity index (χ0v) is 17.3. The number of rotatable bonds is 9. The normalized spacial score (nSPS) is 12.0. The second kappa shape index (κ2) is 12.3. The minimum Gasteiger partial charge on any atom is -0.356 e. The second-order valence-electron chi connectivity index (χ2n) is 5.67. The number of nitrogens with zero attached hydrogens (tertiary/aromatic N) is 4. The predicted molar refractivity (Wildman–Crippen MR) is 103 cm³/mol. The third kappa shape index (κ3) is 10.5. The largest absolute Gasteiger partial charge is 0.389 e. The van der Waals surface area contributed by atoms with Gasteiger partial charge < -0.3 is 15.2 Å². The van der Waals surface area contributed by atoms with Crippen molar-refractivity contribution >= 4 is 29.9 Å². The van der Waals surface area contributed by atoms with Gasteiger partial charge >= 0.3 is 6.18 Å². The molecule has 0 fully saturated rings. The van der Waals surface area contributed by atoms with Crippen LogP contribution in [0.3, 0.4) is 0 Å². The van der Waals surface area contributed by atoms with Crippen LogP contribution < -0.4 is 10.6 Å². The van der Waals surface area contributed by atoms with E-state index in [1.54, 1.807) is 0 Å². The van der Waals surface area contributed by atoms with E-state index in [0.29, 0.717) is 25.5 Å². The second-order valence-corrected chi connectivity index (χ2v) is 5.67. The van der Waals surface area contributed by atoms with Gasteiger partial charge in [-0.3, -0.25) is 0 Å². The lowest BCUT2D eigenvalue weighted by Gasteiger charge is -2.12. The first-order chi connectivity index (χ1) is 11.3. The summed E-state index contributed by atoms with van der Waals surface area (Å²) in [5, 5.41) is 14.3. The van der Waals surface area contributed by atoms with Crippen LogP contribution in [-0.4, -0.2) is 40.0 Å². The molecular weight excluding hydrogens is 448 g/mol. The summed E-state index contributed by atoms with van der Waals surface area (Å²) < 4.78 is 38.2.